The van der Waals surface area contributed by atoms with Crippen LogP contribution in [0.25, 0.3) is 0 Å². The van der Waals surface area contributed by atoms with Gasteiger partial charge in [-0.3, -0.25) is 13.9 Å². The topological polar surface area (TPSA) is 86.8 Å². The molecule has 1 aliphatic carbocycles. The number of carbonyl (C=O) groups excluding carboxylic acids is 2. The maximum atomic E-state index is 14.5. The van der Waals surface area contributed by atoms with Crippen LogP contribution < -0.4 is 9.62 Å². The molecule has 0 aromatic heterocycles. The Morgan fingerprint density at radius 3 is 2.11 bits per heavy atom. The molecule has 0 spiro atoms. The molecule has 0 bridgehead atoms. The Kier molecular flexibility index (Phi) is 11.0. The Hall–Kier alpha value is -3.92. The van der Waals surface area contributed by atoms with E-state index in [4.69, 9.17) is 23.2 Å². The zero-order valence-electron chi connectivity index (χ0n) is 25.0. The third-order valence-electron chi connectivity index (χ3n) is 8.04. The second kappa shape index (κ2) is 15.1. The summed E-state index contributed by atoms with van der Waals surface area (Å²) >= 11 is 12.2. The molecule has 4 aromatic rings. The molecule has 0 saturated heterocycles. The summed E-state index contributed by atoms with van der Waals surface area (Å²) in [5.74, 6) is -1.68. The summed E-state index contributed by atoms with van der Waals surface area (Å²) in [5, 5.41) is 3.35. The number of hydrogen-bond acceptors (Lipinski definition) is 4. The van der Waals surface area contributed by atoms with Crippen molar-refractivity contribution in [3.05, 3.63) is 130 Å². The van der Waals surface area contributed by atoms with Crippen LogP contribution in [0.4, 0.5) is 10.1 Å². The zero-order valence-corrected chi connectivity index (χ0v) is 27.3. The molecule has 1 fully saturated rings. The van der Waals surface area contributed by atoms with E-state index in [1.807, 2.05) is 30.3 Å². The van der Waals surface area contributed by atoms with Crippen LogP contribution in [-0.2, 0) is 32.6 Å². The van der Waals surface area contributed by atoms with E-state index < -0.39 is 34.3 Å². The minimum atomic E-state index is -4.33. The summed E-state index contributed by atoms with van der Waals surface area (Å²) in [4.78, 5) is 29.9. The quantitative estimate of drug-likeness (QED) is 0.174. The fraction of sp³-hybridized carbons (Fsp3) is 0.257. The number of carbonyl (C=O) groups is 2. The summed E-state index contributed by atoms with van der Waals surface area (Å²) in [6.07, 6.45) is 3.92. The Morgan fingerprint density at radius 2 is 1.48 bits per heavy atom. The van der Waals surface area contributed by atoms with Crippen LogP contribution >= 0.6 is 23.2 Å². The Bertz CT molecular complexity index is 1750. The molecule has 4 aromatic carbocycles. The first-order chi connectivity index (χ1) is 22.1. The molecule has 0 radical (unpaired) electrons. The minimum absolute atomic E-state index is 0.00469. The van der Waals surface area contributed by atoms with E-state index in [1.165, 1.54) is 29.2 Å². The van der Waals surface area contributed by atoms with Gasteiger partial charge < -0.3 is 10.2 Å². The third kappa shape index (κ3) is 8.26. The number of anilines is 1. The fourth-order valence-corrected chi connectivity index (χ4v) is 7.32. The Morgan fingerprint density at radius 1 is 0.848 bits per heavy atom. The highest BCUT2D eigenvalue weighted by Gasteiger charge is 2.35. The van der Waals surface area contributed by atoms with Crippen LogP contribution in [0, 0.1) is 5.82 Å². The molecule has 0 aliphatic heterocycles. The molecule has 0 unspecified atom stereocenters. The van der Waals surface area contributed by atoms with Crippen LogP contribution in [-0.4, -0.2) is 43.8 Å². The number of rotatable bonds is 12. The number of nitrogens with zero attached hydrogens (tertiary/aromatic N) is 2. The molecular formula is C35H34Cl2FN3O4S. The van der Waals surface area contributed by atoms with Gasteiger partial charge in [0.25, 0.3) is 10.0 Å². The average Bonchev–Trinajstić information content (AvgIpc) is 3.57. The van der Waals surface area contributed by atoms with Gasteiger partial charge in [-0.15, -0.1) is 0 Å². The van der Waals surface area contributed by atoms with Gasteiger partial charge in [0.15, 0.2) is 0 Å². The first-order valence-corrected chi connectivity index (χ1v) is 17.2. The van der Waals surface area contributed by atoms with Gasteiger partial charge in [-0.05, 0) is 66.4 Å². The lowest BCUT2D eigenvalue weighted by Crippen LogP contribution is -2.54. The molecule has 11 heteroatoms. The molecule has 5 rings (SSSR count). The summed E-state index contributed by atoms with van der Waals surface area (Å²) in [6.45, 7) is -0.663. The molecule has 1 N–H and O–H groups in total. The van der Waals surface area contributed by atoms with Crippen molar-refractivity contribution in [1.29, 1.82) is 0 Å². The largest absolute Gasteiger partial charge is 0.352 e. The van der Waals surface area contributed by atoms with Crippen molar-refractivity contribution in [2.45, 2.75) is 55.6 Å². The van der Waals surface area contributed by atoms with Crippen molar-refractivity contribution in [2.24, 2.45) is 0 Å². The number of benzene rings is 4. The van der Waals surface area contributed by atoms with Crippen molar-refractivity contribution in [2.75, 3.05) is 10.8 Å². The average molecular weight is 683 g/mol. The highest BCUT2D eigenvalue weighted by atomic mass is 35.5. The number of amides is 2. The minimum Gasteiger partial charge on any atom is -0.352 e. The van der Waals surface area contributed by atoms with Gasteiger partial charge >= 0.3 is 0 Å². The monoisotopic (exact) mass is 681 g/mol. The van der Waals surface area contributed by atoms with Crippen LogP contribution in [0.2, 0.25) is 10.0 Å². The lowest BCUT2D eigenvalue weighted by atomic mass is 10.0. The summed E-state index contributed by atoms with van der Waals surface area (Å²) in [7, 11) is -4.33. The van der Waals surface area contributed by atoms with Crippen molar-refractivity contribution >= 4 is 50.7 Å². The first-order valence-electron chi connectivity index (χ1n) is 15.0. The molecule has 2 amide bonds. The predicted molar refractivity (Wildman–Crippen MR) is 179 cm³/mol. The van der Waals surface area contributed by atoms with Gasteiger partial charge in [-0.2, -0.15) is 0 Å². The SMILES string of the molecule is O=C(NC1CCCC1)[C@@H](Cc1ccccc1)N(Cc1ccc(Cl)cc1)C(=O)CN(c1ccc(F)c(Cl)c1)S(=O)(=O)c1ccccc1. The lowest BCUT2D eigenvalue weighted by Gasteiger charge is -2.34. The summed E-state index contributed by atoms with van der Waals surface area (Å²) in [6, 6.07) is 26.4. The Balaban J connectivity index is 1.57. The van der Waals surface area contributed by atoms with E-state index in [2.05, 4.69) is 5.32 Å². The standard InChI is InChI=1S/C35H34Cl2FN3O4S/c36-27-17-15-26(16-18-27)23-40(33(21-25-9-3-1-4-10-25)35(43)39-28-11-7-8-12-28)34(42)24-41(29-19-20-32(38)31(37)22-29)46(44,45)30-13-5-2-6-14-30/h1-6,9-10,13-20,22,28,33H,7-8,11-12,21,23-24H2,(H,39,43)/t33-/m1/s1. The lowest BCUT2D eigenvalue weighted by molar-refractivity contribution is -0.140. The van der Waals surface area contributed by atoms with Gasteiger partial charge in [0.2, 0.25) is 11.8 Å². The van der Waals surface area contributed by atoms with E-state index in [1.54, 1.807) is 42.5 Å². The highest BCUT2D eigenvalue weighted by Crippen LogP contribution is 2.29. The van der Waals surface area contributed by atoms with Gasteiger partial charge in [-0.25, -0.2) is 12.8 Å². The van der Waals surface area contributed by atoms with Gasteiger partial charge in [0.1, 0.15) is 18.4 Å². The summed E-state index contributed by atoms with van der Waals surface area (Å²) in [5.41, 5.74) is 1.54. The van der Waals surface area contributed by atoms with Crippen molar-refractivity contribution in [3.8, 4) is 0 Å². The third-order valence-corrected chi connectivity index (χ3v) is 10.4. The molecular weight excluding hydrogens is 648 g/mol. The van der Waals surface area contributed by atoms with Crippen molar-refractivity contribution in [3.63, 3.8) is 0 Å². The molecule has 7 nitrogen and oxygen atoms in total. The first kappa shape index (κ1) is 33.4. The second-order valence-electron chi connectivity index (χ2n) is 11.3. The van der Waals surface area contributed by atoms with Crippen LogP contribution in [0.3, 0.4) is 0 Å². The van der Waals surface area contributed by atoms with E-state index in [-0.39, 0.29) is 40.5 Å². The number of halogens is 3. The molecule has 1 aliphatic rings. The molecule has 0 heterocycles. The maximum Gasteiger partial charge on any atom is 0.264 e. The van der Waals surface area contributed by atoms with Gasteiger partial charge in [0, 0.05) is 24.0 Å². The van der Waals surface area contributed by atoms with Gasteiger partial charge in [0.05, 0.1) is 15.6 Å². The van der Waals surface area contributed by atoms with Crippen LogP contribution in [0.1, 0.15) is 36.8 Å². The van der Waals surface area contributed by atoms with Crippen molar-refractivity contribution < 1.29 is 22.4 Å². The van der Waals surface area contributed by atoms with Crippen LogP contribution in [0.15, 0.2) is 108 Å². The molecule has 1 atom stereocenters. The number of sulfonamides is 1. The summed E-state index contributed by atoms with van der Waals surface area (Å²) < 4.78 is 43.1. The molecule has 46 heavy (non-hydrogen) atoms. The van der Waals surface area contributed by atoms with E-state index in [0.29, 0.717) is 10.6 Å². The fourth-order valence-electron chi connectivity index (χ4n) is 5.60. The normalized spacial score (nSPS) is 14.1. The van der Waals surface area contributed by atoms with Crippen molar-refractivity contribution in [1.82, 2.24) is 10.2 Å². The maximum absolute atomic E-state index is 14.5. The van der Waals surface area contributed by atoms with E-state index in [0.717, 1.165) is 41.6 Å². The van der Waals surface area contributed by atoms with Crippen LogP contribution in [0.5, 0.6) is 0 Å². The Labute approximate surface area is 279 Å². The number of hydrogen-bond donors (Lipinski definition) is 1. The van der Waals surface area contributed by atoms with Gasteiger partial charge in [-0.1, -0.05) is 96.7 Å². The second-order valence-corrected chi connectivity index (χ2v) is 14.0. The molecule has 240 valence electrons. The smallest absolute Gasteiger partial charge is 0.264 e. The highest BCUT2D eigenvalue weighted by molar-refractivity contribution is 7.92. The van der Waals surface area contributed by atoms with E-state index in [9.17, 15) is 22.4 Å². The predicted octanol–water partition coefficient (Wildman–Crippen LogP) is 7.03. The van der Waals surface area contributed by atoms with E-state index >= 15 is 0 Å². The number of nitrogens with one attached hydrogen (secondary N) is 1. The molecule has 1 saturated carbocycles. The zero-order chi connectivity index (χ0) is 32.7.